The van der Waals surface area contributed by atoms with E-state index in [9.17, 15) is 13.2 Å². The summed E-state index contributed by atoms with van der Waals surface area (Å²) in [4.78, 5) is 15.3. The first-order chi connectivity index (χ1) is 16.5. The predicted octanol–water partition coefficient (Wildman–Crippen LogP) is 5.87. The van der Waals surface area contributed by atoms with Crippen molar-refractivity contribution in [2.45, 2.75) is 70.2 Å². The fourth-order valence-electron chi connectivity index (χ4n) is 5.19. The van der Waals surface area contributed by atoms with Crippen LogP contribution in [0.3, 0.4) is 0 Å². The van der Waals surface area contributed by atoms with Crippen LogP contribution < -0.4 is 10.3 Å². The Kier molecular flexibility index (Phi) is 7.09. The highest BCUT2D eigenvalue weighted by molar-refractivity contribution is 7.91. The zero-order valence-electron chi connectivity index (χ0n) is 21.3. The van der Waals surface area contributed by atoms with E-state index in [-0.39, 0.29) is 15.2 Å². The zero-order valence-corrected chi connectivity index (χ0v) is 22.1. The van der Waals surface area contributed by atoms with Crippen LogP contribution >= 0.6 is 0 Å². The quantitative estimate of drug-likeness (QED) is 0.426. The Bertz CT molecular complexity index is 1420. The van der Waals surface area contributed by atoms with Crippen LogP contribution in [0.4, 0.5) is 10.1 Å². The van der Waals surface area contributed by atoms with Crippen LogP contribution in [0.2, 0.25) is 0 Å². The highest BCUT2D eigenvalue weighted by Crippen LogP contribution is 2.32. The summed E-state index contributed by atoms with van der Waals surface area (Å²) in [5.74, 6) is 0.405. The number of fused-ring (bicyclic) bond motifs is 1. The van der Waals surface area contributed by atoms with Gasteiger partial charge in [-0.15, -0.1) is 0 Å². The second-order valence-corrected chi connectivity index (χ2v) is 12.2. The van der Waals surface area contributed by atoms with Gasteiger partial charge in [-0.25, -0.2) is 12.8 Å². The van der Waals surface area contributed by atoms with Crippen LogP contribution in [0, 0.1) is 31.5 Å². The number of benzene rings is 2. The Morgan fingerprint density at radius 1 is 1.03 bits per heavy atom. The monoisotopic (exact) mass is 498 g/mol. The van der Waals surface area contributed by atoms with E-state index in [1.54, 1.807) is 18.2 Å². The summed E-state index contributed by atoms with van der Waals surface area (Å²) >= 11 is 0. The van der Waals surface area contributed by atoms with Crippen molar-refractivity contribution in [3.05, 3.63) is 63.7 Å². The van der Waals surface area contributed by atoms with E-state index in [0.29, 0.717) is 29.6 Å². The van der Waals surface area contributed by atoms with E-state index in [2.05, 4.69) is 25.7 Å². The molecule has 0 aliphatic carbocycles. The van der Waals surface area contributed by atoms with Gasteiger partial charge in [0.15, 0.2) is 0 Å². The lowest BCUT2D eigenvalue weighted by atomic mass is 9.91. The average Bonchev–Trinajstić information content (AvgIpc) is 2.79. The number of sulfone groups is 1. The number of halogens is 1. The maximum atomic E-state index is 15.4. The van der Waals surface area contributed by atoms with E-state index < -0.39 is 21.1 Å². The Balaban J connectivity index is 1.92. The molecular formula is C28H35FN2O3S. The van der Waals surface area contributed by atoms with Gasteiger partial charge in [-0.2, -0.15) is 0 Å². The number of anilines is 1. The van der Waals surface area contributed by atoms with Crippen LogP contribution in [-0.4, -0.2) is 26.1 Å². The molecule has 1 aliphatic rings. The van der Waals surface area contributed by atoms with Gasteiger partial charge < -0.3 is 9.47 Å². The fraction of sp³-hybridized carbons (Fsp3) is 0.464. The number of nitrogens with zero attached hydrogens (tertiary/aromatic N) is 2. The van der Waals surface area contributed by atoms with Gasteiger partial charge in [0.1, 0.15) is 10.7 Å². The number of hydrogen-bond acceptors (Lipinski definition) is 4. The summed E-state index contributed by atoms with van der Waals surface area (Å²) in [6.45, 7) is 12.2. The minimum absolute atomic E-state index is 0.0764. The van der Waals surface area contributed by atoms with E-state index in [1.165, 1.54) is 18.3 Å². The van der Waals surface area contributed by atoms with Gasteiger partial charge in [-0.3, -0.25) is 4.79 Å². The molecule has 1 aromatic heterocycles. The Hall–Kier alpha value is -2.67. The largest absolute Gasteiger partial charge is 0.369 e. The van der Waals surface area contributed by atoms with Crippen LogP contribution in [0.1, 0.15) is 51.2 Å². The van der Waals surface area contributed by atoms with Gasteiger partial charge in [0, 0.05) is 25.8 Å². The third kappa shape index (κ3) is 4.88. The van der Waals surface area contributed by atoms with Gasteiger partial charge in [0.05, 0.1) is 21.5 Å². The molecular weight excluding hydrogens is 463 g/mol. The number of piperidine rings is 1. The molecule has 1 saturated heterocycles. The molecule has 0 spiro atoms. The smallest absolute Gasteiger partial charge is 0.211 e. The fourth-order valence-corrected chi connectivity index (χ4v) is 6.64. The molecule has 2 atom stereocenters. The summed E-state index contributed by atoms with van der Waals surface area (Å²) in [6.07, 6.45) is 4.27. The predicted molar refractivity (Wildman–Crippen MR) is 140 cm³/mol. The van der Waals surface area contributed by atoms with Gasteiger partial charge in [-0.1, -0.05) is 33.3 Å². The SMILES string of the molecule is CCCCn1cc(S(=O)(=O)c2ccc(C)c(C)c2)c(=O)c2cc(F)c(N3C[C@H](C)C[C@@H](C)C3)cc21. The topological polar surface area (TPSA) is 59.4 Å². The Labute approximate surface area is 207 Å². The molecule has 1 aliphatic heterocycles. The van der Waals surface area contributed by atoms with E-state index in [1.807, 2.05) is 18.4 Å². The van der Waals surface area contributed by atoms with Crippen molar-refractivity contribution >= 4 is 26.4 Å². The highest BCUT2D eigenvalue weighted by atomic mass is 32.2. The highest BCUT2D eigenvalue weighted by Gasteiger charge is 2.27. The summed E-state index contributed by atoms with van der Waals surface area (Å²) in [5, 5.41) is 0.102. The molecule has 0 radical (unpaired) electrons. The molecule has 1 fully saturated rings. The van der Waals surface area contributed by atoms with Crippen molar-refractivity contribution in [2.24, 2.45) is 11.8 Å². The Morgan fingerprint density at radius 3 is 2.34 bits per heavy atom. The molecule has 0 saturated carbocycles. The van der Waals surface area contributed by atoms with Crippen molar-refractivity contribution in [3.8, 4) is 0 Å². The van der Waals surface area contributed by atoms with Crippen molar-refractivity contribution in [1.82, 2.24) is 4.57 Å². The van der Waals surface area contributed by atoms with Crippen LogP contribution in [0.5, 0.6) is 0 Å². The molecule has 5 nitrogen and oxygen atoms in total. The summed E-state index contributed by atoms with van der Waals surface area (Å²) in [5.41, 5.74) is 2.20. The van der Waals surface area contributed by atoms with Crippen LogP contribution in [0.15, 0.2) is 51.1 Å². The van der Waals surface area contributed by atoms with Crippen LogP contribution in [-0.2, 0) is 16.4 Å². The molecule has 35 heavy (non-hydrogen) atoms. The molecule has 3 aromatic rings. The minimum Gasteiger partial charge on any atom is -0.369 e. The average molecular weight is 499 g/mol. The number of pyridine rings is 1. The number of aryl methyl sites for hydroxylation is 3. The number of rotatable bonds is 6. The number of aromatic nitrogens is 1. The van der Waals surface area contributed by atoms with E-state index in [4.69, 9.17) is 0 Å². The van der Waals surface area contributed by atoms with E-state index in [0.717, 1.165) is 43.5 Å². The third-order valence-corrected chi connectivity index (χ3v) is 8.90. The molecule has 4 rings (SSSR count). The van der Waals surface area contributed by atoms with Crippen molar-refractivity contribution in [2.75, 3.05) is 18.0 Å². The normalized spacial score (nSPS) is 18.9. The molecule has 0 N–H and O–H groups in total. The maximum absolute atomic E-state index is 15.4. The molecule has 2 heterocycles. The molecule has 7 heteroatoms. The maximum Gasteiger partial charge on any atom is 0.211 e. The lowest BCUT2D eigenvalue weighted by Crippen LogP contribution is -2.39. The van der Waals surface area contributed by atoms with Crippen LogP contribution in [0.25, 0.3) is 10.9 Å². The number of hydrogen-bond donors (Lipinski definition) is 0. The van der Waals surface area contributed by atoms with Gasteiger partial charge in [0.25, 0.3) is 0 Å². The molecule has 0 bridgehead atoms. The third-order valence-electron chi connectivity index (χ3n) is 7.16. The zero-order chi connectivity index (χ0) is 25.5. The van der Waals surface area contributed by atoms with Crippen molar-refractivity contribution in [3.63, 3.8) is 0 Å². The summed E-state index contributed by atoms with van der Waals surface area (Å²) in [7, 11) is -4.07. The second kappa shape index (κ2) is 9.76. The molecule has 0 unspecified atom stereocenters. The van der Waals surface area contributed by atoms with Gasteiger partial charge in [0.2, 0.25) is 15.3 Å². The standard InChI is InChI=1S/C28H35FN2O3S/c1-6-7-10-30-17-27(35(33,34)22-9-8-20(4)21(5)12-22)28(32)23-13-24(29)26(14-25(23)30)31-15-18(2)11-19(3)16-31/h8-9,12-14,17-19H,6-7,10-11,15-16H2,1-5H3/t18-,19-/m1/s1. The lowest BCUT2D eigenvalue weighted by molar-refractivity contribution is 0.354. The van der Waals surface area contributed by atoms with Crippen molar-refractivity contribution < 1.29 is 12.8 Å². The first kappa shape index (κ1) is 25.4. The Morgan fingerprint density at radius 2 is 1.71 bits per heavy atom. The van der Waals surface area contributed by atoms with E-state index >= 15 is 4.39 Å². The first-order valence-corrected chi connectivity index (χ1v) is 13.9. The summed E-state index contributed by atoms with van der Waals surface area (Å²) < 4.78 is 44.3. The van der Waals surface area contributed by atoms with Gasteiger partial charge in [-0.05, 0) is 73.9 Å². The molecule has 0 amide bonds. The number of unbranched alkanes of at least 4 members (excludes halogenated alkanes) is 1. The first-order valence-electron chi connectivity index (χ1n) is 12.5. The second-order valence-electron chi connectivity index (χ2n) is 10.3. The summed E-state index contributed by atoms with van der Waals surface area (Å²) in [6, 6.07) is 7.83. The molecule has 188 valence electrons. The lowest BCUT2D eigenvalue weighted by Gasteiger charge is -2.37. The minimum atomic E-state index is -4.07. The van der Waals surface area contributed by atoms with Crippen molar-refractivity contribution in [1.29, 1.82) is 0 Å². The van der Waals surface area contributed by atoms with Gasteiger partial charge >= 0.3 is 0 Å². The molecule has 2 aromatic carbocycles.